The molecule has 6 nitrogen and oxygen atoms in total. The third-order valence-electron chi connectivity index (χ3n) is 9.65. The van der Waals surface area contributed by atoms with E-state index in [9.17, 15) is 14.4 Å². The van der Waals surface area contributed by atoms with Crippen molar-refractivity contribution >= 4 is 17.9 Å². The lowest BCUT2D eigenvalue weighted by molar-refractivity contribution is -0.167. The molecule has 0 aromatic rings. The Morgan fingerprint density at radius 3 is 0.984 bits per heavy atom. The second kappa shape index (κ2) is 50.2. The third kappa shape index (κ3) is 48.4. The number of hydrogen-bond donors (Lipinski definition) is 0. The molecule has 0 radical (unpaired) electrons. The predicted octanol–water partition coefficient (Wildman–Crippen LogP) is 16.3. The van der Waals surface area contributed by atoms with Crippen LogP contribution in [0, 0.1) is 0 Å². The lowest BCUT2D eigenvalue weighted by Crippen LogP contribution is -2.30. The van der Waals surface area contributed by atoms with E-state index in [2.05, 4.69) is 154 Å². The quantitative estimate of drug-likeness (QED) is 0.0263. The first-order valence-electron chi connectivity index (χ1n) is 24.7. The lowest BCUT2D eigenvalue weighted by Gasteiger charge is -2.18. The highest BCUT2D eigenvalue weighted by atomic mass is 16.6. The lowest BCUT2D eigenvalue weighted by atomic mass is 10.1. The normalized spacial score (nSPS) is 13.3. The number of unbranched alkanes of at least 4 members (excludes halogenated alkanes) is 9. The van der Waals surface area contributed by atoms with E-state index in [4.69, 9.17) is 14.2 Å². The maximum atomic E-state index is 12.7. The molecule has 0 aliphatic heterocycles. The van der Waals surface area contributed by atoms with Crippen molar-refractivity contribution in [2.24, 2.45) is 0 Å². The Kier molecular flexibility index (Phi) is 46.7. The zero-order valence-corrected chi connectivity index (χ0v) is 40.0. The number of ether oxygens (including phenoxy) is 3. The summed E-state index contributed by atoms with van der Waals surface area (Å²) in [5.74, 6) is -1.02. The molecule has 0 amide bonds. The molecule has 0 heterocycles. The van der Waals surface area contributed by atoms with Crippen molar-refractivity contribution in [3.8, 4) is 0 Å². The first-order valence-corrected chi connectivity index (χ1v) is 24.7. The van der Waals surface area contributed by atoms with Crippen LogP contribution in [0.15, 0.2) is 134 Å². The van der Waals surface area contributed by atoms with Gasteiger partial charge in [0.15, 0.2) is 6.10 Å². The number of esters is 3. The van der Waals surface area contributed by atoms with Crippen molar-refractivity contribution in [1.29, 1.82) is 0 Å². The van der Waals surface area contributed by atoms with E-state index in [-0.39, 0.29) is 37.5 Å². The first kappa shape index (κ1) is 58.6. The number of carbonyl (C=O) groups is 3. The molecule has 6 heteroatoms. The van der Waals surface area contributed by atoms with Crippen molar-refractivity contribution < 1.29 is 28.6 Å². The van der Waals surface area contributed by atoms with Crippen LogP contribution < -0.4 is 0 Å². The number of rotatable bonds is 42. The summed E-state index contributed by atoms with van der Waals surface area (Å²) in [6.07, 6.45) is 70.5. The van der Waals surface area contributed by atoms with Crippen LogP contribution in [0.1, 0.15) is 188 Å². The Bertz CT molecular complexity index is 1420. The van der Waals surface area contributed by atoms with Gasteiger partial charge in [0, 0.05) is 19.3 Å². The van der Waals surface area contributed by atoms with Crippen LogP contribution in [0.2, 0.25) is 0 Å². The fourth-order valence-electron chi connectivity index (χ4n) is 6.00. The Morgan fingerprint density at radius 1 is 0.333 bits per heavy atom. The molecule has 352 valence electrons. The third-order valence-corrected chi connectivity index (χ3v) is 9.65. The largest absolute Gasteiger partial charge is 0.462 e. The molecule has 0 aromatic carbocycles. The molecule has 63 heavy (non-hydrogen) atoms. The molecule has 0 saturated carbocycles. The SMILES string of the molecule is CC/C=C\C/C=C\C/C=C\C/C=C\C/C=C\C/C=C\C/C=C\CCCCCC(=O)OCC(COC(=O)CCCCCCC)OC(=O)CCCC/C=C\C/C=C\C/C=C\C/C=C\CC. The van der Waals surface area contributed by atoms with E-state index in [1.165, 1.54) is 0 Å². The zero-order valence-electron chi connectivity index (χ0n) is 40.0. The average molecular weight is 869 g/mol. The summed E-state index contributed by atoms with van der Waals surface area (Å²) in [4.78, 5) is 37.6. The smallest absolute Gasteiger partial charge is 0.306 e. The highest BCUT2D eigenvalue weighted by molar-refractivity contribution is 5.71. The van der Waals surface area contributed by atoms with Crippen molar-refractivity contribution in [1.82, 2.24) is 0 Å². The van der Waals surface area contributed by atoms with E-state index in [0.717, 1.165) is 141 Å². The highest BCUT2D eigenvalue weighted by Gasteiger charge is 2.19. The monoisotopic (exact) mass is 869 g/mol. The van der Waals surface area contributed by atoms with Gasteiger partial charge in [0.2, 0.25) is 0 Å². The van der Waals surface area contributed by atoms with Gasteiger partial charge in [-0.15, -0.1) is 0 Å². The van der Waals surface area contributed by atoms with Gasteiger partial charge in [-0.25, -0.2) is 0 Å². The molecular weight excluding hydrogens is 781 g/mol. The molecule has 0 fully saturated rings. The molecule has 0 bridgehead atoms. The van der Waals surface area contributed by atoms with Crippen LogP contribution in [0.5, 0.6) is 0 Å². The fraction of sp³-hybridized carbons (Fsp3) is 0.561. The summed E-state index contributed by atoms with van der Waals surface area (Å²) in [6, 6.07) is 0. The standard InChI is InChI=1S/C57H88O6/c1-4-7-10-13-15-17-19-21-23-24-25-26-27-28-29-30-31-32-34-35-37-39-41-44-47-50-56(59)62-53-54(52-61-55(58)49-46-43-12-9-6-3)63-57(60)51-48-45-42-40-38-36-33-22-20-18-16-14-11-8-5-2/h7-8,10-11,15-18,21-23,25-26,28-29,31-33,35,37-38,40,54H,4-6,9,12-14,19-20,24,27,30,34,36,39,41-53H2,1-3H3/b10-7-,11-8-,17-15-,18-16-,23-21-,26-25-,29-28-,32-31-,33-22-,37-35-,40-38-. The summed E-state index contributed by atoms with van der Waals surface area (Å²) in [6.45, 7) is 6.22. The summed E-state index contributed by atoms with van der Waals surface area (Å²) in [5, 5.41) is 0. The van der Waals surface area contributed by atoms with Crippen molar-refractivity contribution in [3.05, 3.63) is 134 Å². The van der Waals surface area contributed by atoms with Gasteiger partial charge in [-0.2, -0.15) is 0 Å². The number of hydrogen-bond acceptors (Lipinski definition) is 6. The van der Waals surface area contributed by atoms with Crippen LogP contribution in [-0.2, 0) is 28.6 Å². The minimum Gasteiger partial charge on any atom is -0.462 e. The number of allylic oxidation sites excluding steroid dienone is 22. The summed E-state index contributed by atoms with van der Waals surface area (Å²) in [5.41, 5.74) is 0. The van der Waals surface area contributed by atoms with E-state index in [0.29, 0.717) is 19.3 Å². The fourth-order valence-corrected chi connectivity index (χ4v) is 6.00. The Balaban J connectivity index is 4.32. The molecule has 1 unspecified atom stereocenters. The minimum atomic E-state index is -0.814. The molecule has 0 saturated heterocycles. The predicted molar refractivity (Wildman–Crippen MR) is 269 cm³/mol. The molecular formula is C57H88O6. The second-order valence-electron chi connectivity index (χ2n) is 15.6. The van der Waals surface area contributed by atoms with Crippen LogP contribution in [0.3, 0.4) is 0 Å². The van der Waals surface area contributed by atoms with Crippen molar-refractivity contribution in [2.45, 2.75) is 194 Å². The molecule has 0 aliphatic rings. The maximum Gasteiger partial charge on any atom is 0.306 e. The summed E-state index contributed by atoms with van der Waals surface area (Å²) < 4.78 is 16.6. The van der Waals surface area contributed by atoms with Gasteiger partial charge < -0.3 is 14.2 Å². The maximum absolute atomic E-state index is 12.7. The Hall–Kier alpha value is -4.45. The molecule has 0 rings (SSSR count). The van der Waals surface area contributed by atoms with Gasteiger partial charge in [-0.3, -0.25) is 14.4 Å². The van der Waals surface area contributed by atoms with Crippen molar-refractivity contribution in [2.75, 3.05) is 13.2 Å². The van der Waals surface area contributed by atoms with Crippen molar-refractivity contribution in [3.63, 3.8) is 0 Å². The van der Waals surface area contributed by atoms with E-state index >= 15 is 0 Å². The Labute approximate surface area is 385 Å². The summed E-state index contributed by atoms with van der Waals surface area (Å²) >= 11 is 0. The van der Waals surface area contributed by atoms with Crippen LogP contribution in [-0.4, -0.2) is 37.2 Å². The van der Waals surface area contributed by atoms with Gasteiger partial charge in [0.05, 0.1) is 0 Å². The minimum absolute atomic E-state index is 0.111. The van der Waals surface area contributed by atoms with E-state index in [1.54, 1.807) is 0 Å². The molecule has 0 N–H and O–H groups in total. The second-order valence-corrected chi connectivity index (χ2v) is 15.6. The van der Waals surface area contributed by atoms with Gasteiger partial charge in [-0.1, -0.05) is 187 Å². The van der Waals surface area contributed by atoms with Gasteiger partial charge in [0.25, 0.3) is 0 Å². The zero-order chi connectivity index (χ0) is 45.8. The van der Waals surface area contributed by atoms with Crippen LogP contribution in [0.25, 0.3) is 0 Å². The van der Waals surface area contributed by atoms with E-state index in [1.807, 2.05) is 0 Å². The molecule has 0 spiro atoms. The van der Waals surface area contributed by atoms with E-state index < -0.39 is 6.10 Å². The van der Waals surface area contributed by atoms with Gasteiger partial charge in [-0.05, 0) is 116 Å². The van der Waals surface area contributed by atoms with Crippen LogP contribution >= 0.6 is 0 Å². The molecule has 0 aromatic heterocycles. The average Bonchev–Trinajstić information content (AvgIpc) is 3.28. The highest BCUT2D eigenvalue weighted by Crippen LogP contribution is 2.10. The number of carbonyl (C=O) groups excluding carboxylic acids is 3. The molecule has 1 atom stereocenters. The topological polar surface area (TPSA) is 78.9 Å². The Morgan fingerprint density at radius 2 is 0.619 bits per heavy atom. The molecule has 0 aliphatic carbocycles. The first-order chi connectivity index (χ1) is 31.0. The van der Waals surface area contributed by atoms with Crippen LogP contribution in [0.4, 0.5) is 0 Å². The van der Waals surface area contributed by atoms with Gasteiger partial charge in [0.1, 0.15) is 13.2 Å². The van der Waals surface area contributed by atoms with Gasteiger partial charge >= 0.3 is 17.9 Å². The summed E-state index contributed by atoms with van der Waals surface area (Å²) in [7, 11) is 0.